The molecule has 2 unspecified atom stereocenters. The maximum absolute atomic E-state index is 6.30. The molecule has 1 heterocycles. The summed E-state index contributed by atoms with van der Waals surface area (Å²) in [7, 11) is 1.68. The third kappa shape index (κ3) is 7.60. The quantitative estimate of drug-likeness (QED) is 0.457. The van der Waals surface area contributed by atoms with E-state index in [4.69, 9.17) is 4.74 Å². The van der Waals surface area contributed by atoms with Gasteiger partial charge in [-0.25, -0.2) is 0 Å². The summed E-state index contributed by atoms with van der Waals surface area (Å²) in [5.41, 5.74) is 1.20. The summed E-state index contributed by atoms with van der Waals surface area (Å²) in [6, 6.07) is 20.4. The summed E-state index contributed by atoms with van der Waals surface area (Å²) < 4.78 is 10.8. The van der Waals surface area contributed by atoms with Crippen LogP contribution in [0, 0.1) is 5.92 Å². The van der Waals surface area contributed by atoms with Gasteiger partial charge in [0.15, 0.2) is 0 Å². The first-order valence-corrected chi connectivity index (χ1v) is 11.1. The van der Waals surface area contributed by atoms with Crippen molar-refractivity contribution < 1.29 is 9.47 Å². The van der Waals surface area contributed by atoms with Crippen molar-refractivity contribution in [2.75, 3.05) is 13.7 Å². The van der Waals surface area contributed by atoms with E-state index >= 15 is 0 Å². The van der Waals surface area contributed by atoms with E-state index in [2.05, 4.69) is 47.7 Å². The Morgan fingerprint density at radius 3 is 2.03 bits per heavy atom. The van der Waals surface area contributed by atoms with Crippen LogP contribution in [0.5, 0.6) is 5.75 Å². The van der Waals surface area contributed by atoms with E-state index < -0.39 is 0 Å². The van der Waals surface area contributed by atoms with Gasteiger partial charge in [0.05, 0.1) is 10.8 Å². The van der Waals surface area contributed by atoms with Crippen LogP contribution in [0.3, 0.4) is 0 Å². The van der Waals surface area contributed by atoms with E-state index in [1.54, 1.807) is 7.11 Å². The summed E-state index contributed by atoms with van der Waals surface area (Å²) in [5.74, 6) is 2.09. The lowest BCUT2D eigenvalue weighted by molar-refractivity contribution is 0.215. The van der Waals surface area contributed by atoms with E-state index in [0.717, 1.165) is 18.1 Å². The van der Waals surface area contributed by atoms with Crippen LogP contribution >= 0.6 is 11.8 Å². The van der Waals surface area contributed by atoms with Gasteiger partial charge in [0.25, 0.3) is 0 Å². The fourth-order valence-corrected chi connectivity index (χ4v) is 3.99. The summed E-state index contributed by atoms with van der Waals surface area (Å²) in [6.45, 7) is 12.8. The van der Waals surface area contributed by atoms with Crippen LogP contribution < -0.4 is 4.74 Å². The SMILES string of the molecule is C=CC1SC(c2ccccc2)=C(Oc2ccccc2)C1/C=C\C.CC.CCOC. The minimum Gasteiger partial charge on any atom is -0.460 e. The summed E-state index contributed by atoms with van der Waals surface area (Å²) in [6.07, 6.45) is 6.30. The van der Waals surface area contributed by atoms with Crippen LogP contribution in [0.4, 0.5) is 0 Å². The van der Waals surface area contributed by atoms with Crippen LogP contribution in [0.25, 0.3) is 4.91 Å². The molecule has 2 atom stereocenters. The maximum Gasteiger partial charge on any atom is 0.127 e. The fraction of sp³-hybridized carbons (Fsp3) is 0.308. The van der Waals surface area contributed by atoms with E-state index in [9.17, 15) is 0 Å². The van der Waals surface area contributed by atoms with Gasteiger partial charge >= 0.3 is 0 Å². The maximum atomic E-state index is 6.30. The number of para-hydroxylation sites is 1. The Labute approximate surface area is 181 Å². The van der Waals surface area contributed by atoms with Crippen molar-refractivity contribution in [2.24, 2.45) is 5.92 Å². The number of thioether (sulfide) groups is 1. The Balaban J connectivity index is 0.000000627. The number of benzene rings is 2. The lowest BCUT2D eigenvalue weighted by Crippen LogP contribution is -2.13. The first kappa shape index (κ1) is 24.8. The molecule has 0 aliphatic carbocycles. The Kier molecular flexibility index (Phi) is 12.6. The molecule has 0 fully saturated rings. The summed E-state index contributed by atoms with van der Waals surface area (Å²) in [4.78, 5) is 1.20. The van der Waals surface area contributed by atoms with Crippen LogP contribution in [0.15, 0.2) is 91.2 Å². The Morgan fingerprint density at radius 2 is 1.55 bits per heavy atom. The molecule has 0 saturated carbocycles. The molecule has 3 heteroatoms. The first-order chi connectivity index (χ1) is 14.2. The molecule has 0 saturated heterocycles. The highest BCUT2D eigenvalue weighted by Crippen LogP contribution is 2.48. The highest BCUT2D eigenvalue weighted by atomic mass is 32.2. The highest BCUT2D eigenvalue weighted by Gasteiger charge is 2.34. The molecular weight excluding hydrogens is 376 g/mol. The predicted octanol–water partition coefficient (Wildman–Crippen LogP) is 7.61. The highest BCUT2D eigenvalue weighted by molar-refractivity contribution is 8.09. The molecule has 0 spiro atoms. The lowest BCUT2D eigenvalue weighted by Gasteiger charge is -2.16. The molecule has 2 aromatic rings. The zero-order chi connectivity index (χ0) is 21.5. The van der Waals surface area contributed by atoms with Crippen LogP contribution in [-0.4, -0.2) is 19.0 Å². The van der Waals surface area contributed by atoms with Crippen LogP contribution in [0.2, 0.25) is 0 Å². The predicted molar refractivity (Wildman–Crippen MR) is 129 cm³/mol. The van der Waals surface area contributed by atoms with Gasteiger partial charge in [0, 0.05) is 19.0 Å². The third-order valence-electron chi connectivity index (χ3n) is 4.06. The molecule has 29 heavy (non-hydrogen) atoms. The van der Waals surface area contributed by atoms with Gasteiger partial charge < -0.3 is 9.47 Å². The molecule has 3 rings (SSSR count). The van der Waals surface area contributed by atoms with Gasteiger partial charge in [0.1, 0.15) is 11.5 Å². The van der Waals surface area contributed by atoms with Gasteiger partial charge in [0.2, 0.25) is 0 Å². The number of hydrogen-bond acceptors (Lipinski definition) is 3. The number of ether oxygens (including phenoxy) is 2. The van der Waals surface area contributed by atoms with E-state index in [-0.39, 0.29) is 5.92 Å². The van der Waals surface area contributed by atoms with Gasteiger partial charge in [-0.1, -0.05) is 80.6 Å². The van der Waals surface area contributed by atoms with Crippen molar-refractivity contribution >= 4 is 16.7 Å². The molecule has 2 aromatic carbocycles. The van der Waals surface area contributed by atoms with Crippen molar-refractivity contribution in [1.29, 1.82) is 0 Å². The normalized spacial score (nSPS) is 17.8. The van der Waals surface area contributed by atoms with E-state index in [0.29, 0.717) is 5.25 Å². The molecule has 0 bridgehead atoms. The number of hydrogen-bond donors (Lipinski definition) is 0. The number of methoxy groups -OCH3 is 1. The molecule has 0 amide bonds. The Morgan fingerprint density at radius 1 is 1.00 bits per heavy atom. The zero-order valence-electron chi connectivity index (χ0n) is 18.3. The molecule has 156 valence electrons. The third-order valence-corrected chi connectivity index (χ3v) is 5.49. The zero-order valence-corrected chi connectivity index (χ0v) is 19.1. The molecule has 0 radical (unpaired) electrons. The largest absolute Gasteiger partial charge is 0.460 e. The molecule has 0 N–H and O–H groups in total. The molecule has 1 aliphatic heterocycles. The Bertz CT molecular complexity index is 749. The van der Waals surface area contributed by atoms with Crippen LogP contribution in [0.1, 0.15) is 33.3 Å². The van der Waals surface area contributed by atoms with Crippen molar-refractivity contribution in [3.63, 3.8) is 0 Å². The van der Waals surface area contributed by atoms with Crippen molar-refractivity contribution in [1.82, 2.24) is 0 Å². The molecule has 2 nitrogen and oxygen atoms in total. The van der Waals surface area contributed by atoms with Gasteiger partial charge in [-0.3, -0.25) is 0 Å². The fourth-order valence-electron chi connectivity index (χ4n) is 2.70. The van der Waals surface area contributed by atoms with Crippen LogP contribution in [-0.2, 0) is 4.74 Å². The van der Waals surface area contributed by atoms with Gasteiger partial charge in [-0.2, -0.15) is 0 Å². The molecular formula is C26H34O2S. The standard InChI is InChI=1S/C21H20OS.C3H8O.C2H6/c1-3-11-18-19(4-2)23-21(16-12-7-5-8-13-16)20(18)22-17-14-9-6-10-15-17;1-3-4-2;1-2/h3-15,18-19H,2H2,1H3;3H2,1-2H3;1-2H3/b11-3-;;. The number of rotatable bonds is 6. The van der Waals surface area contributed by atoms with Crippen molar-refractivity contribution in [3.05, 3.63) is 96.8 Å². The Hall–Kier alpha value is -2.23. The topological polar surface area (TPSA) is 18.5 Å². The van der Waals surface area contributed by atoms with Crippen molar-refractivity contribution in [2.45, 2.75) is 32.9 Å². The average molecular weight is 411 g/mol. The summed E-state index contributed by atoms with van der Waals surface area (Å²) >= 11 is 1.82. The first-order valence-electron chi connectivity index (χ1n) is 10.2. The lowest BCUT2D eigenvalue weighted by atomic mass is 10.00. The smallest absolute Gasteiger partial charge is 0.127 e. The summed E-state index contributed by atoms with van der Waals surface area (Å²) in [5, 5.41) is 0.292. The van der Waals surface area contributed by atoms with Gasteiger partial charge in [-0.15, -0.1) is 18.3 Å². The molecule has 1 aliphatic rings. The molecule has 0 aromatic heterocycles. The van der Waals surface area contributed by atoms with Crippen molar-refractivity contribution in [3.8, 4) is 5.75 Å². The minimum absolute atomic E-state index is 0.206. The second-order valence-corrected chi connectivity index (χ2v) is 7.11. The van der Waals surface area contributed by atoms with E-state index in [1.807, 2.05) is 81.9 Å². The van der Waals surface area contributed by atoms with E-state index in [1.165, 1.54) is 10.5 Å². The average Bonchev–Trinajstić information content (AvgIpc) is 3.14. The minimum atomic E-state index is 0.206. The number of allylic oxidation sites excluding steroid dienone is 2. The second kappa shape index (κ2) is 14.7. The van der Waals surface area contributed by atoms with Gasteiger partial charge in [-0.05, 0) is 31.5 Å². The second-order valence-electron chi connectivity index (χ2n) is 5.92. The monoisotopic (exact) mass is 410 g/mol.